The summed E-state index contributed by atoms with van der Waals surface area (Å²) in [5.74, 6) is -2.67. The highest BCUT2D eigenvalue weighted by molar-refractivity contribution is 6.39. The molecule has 1 aromatic heterocycles. The second-order valence-electron chi connectivity index (χ2n) is 11.0. The SMILES string of the molecule is CCOC(=O)[C@H]1CC[C@H](N/C(=C(\C=N)C(=O)N(CC(=O)c2c(Cl)cncc2Cl)C[C@H]2CCC(C)(C)O2)C(F)(F)F)CC1. The number of amides is 1. The average molecular weight is 636 g/mol. The van der Waals surface area contributed by atoms with Crippen LogP contribution in [0.1, 0.15) is 69.7 Å². The number of halogens is 5. The number of hydrogen-bond donors (Lipinski definition) is 2. The summed E-state index contributed by atoms with van der Waals surface area (Å²) in [6.45, 7) is 4.75. The van der Waals surface area contributed by atoms with Gasteiger partial charge in [-0.05, 0) is 59.3 Å². The van der Waals surface area contributed by atoms with Crippen LogP contribution in [0.25, 0.3) is 0 Å². The van der Waals surface area contributed by atoms with E-state index in [0.717, 1.165) is 4.90 Å². The van der Waals surface area contributed by atoms with Crippen LogP contribution in [0.3, 0.4) is 0 Å². The van der Waals surface area contributed by atoms with Crippen molar-refractivity contribution in [3.8, 4) is 0 Å². The zero-order valence-electron chi connectivity index (χ0n) is 23.7. The minimum absolute atomic E-state index is 0.0722. The molecule has 0 bridgehead atoms. The van der Waals surface area contributed by atoms with E-state index >= 15 is 0 Å². The van der Waals surface area contributed by atoms with Gasteiger partial charge < -0.3 is 25.1 Å². The van der Waals surface area contributed by atoms with Crippen molar-refractivity contribution in [3.05, 3.63) is 39.3 Å². The van der Waals surface area contributed by atoms with Crippen LogP contribution >= 0.6 is 23.2 Å². The molecule has 1 aliphatic carbocycles. The Balaban J connectivity index is 1.91. The summed E-state index contributed by atoms with van der Waals surface area (Å²) in [4.78, 5) is 43.8. The van der Waals surface area contributed by atoms with Gasteiger partial charge in [-0.2, -0.15) is 13.2 Å². The van der Waals surface area contributed by atoms with E-state index in [1.54, 1.807) is 6.92 Å². The molecule has 2 N–H and O–H groups in total. The third kappa shape index (κ3) is 8.67. The number of pyridine rings is 1. The monoisotopic (exact) mass is 634 g/mol. The maximum Gasteiger partial charge on any atom is 0.431 e. The van der Waals surface area contributed by atoms with E-state index in [1.165, 1.54) is 12.4 Å². The van der Waals surface area contributed by atoms with Crippen LogP contribution in [0.5, 0.6) is 0 Å². The summed E-state index contributed by atoms with van der Waals surface area (Å²) in [6, 6.07) is -0.696. The van der Waals surface area contributed by atoms with Gasteiger partial charge in [0.25, 0.3) is 5.91 Å². The topological polar surface area (TPSA) is 122 Å². The Morgan fingerprint density at radius 2 is 1.79 bits per heavy atom. The Morgan fingerprint density at radius 1 is 1.17 bits per heavy atom. The second kappa shape index (κ2) is 14.2. The molecular weight excluding hydrogens is 600 g/mol. The Bertz CT molecular complexity index is 1200. The van der Waals surface area contributed by atoms with Crippen LogP contribution in [-0.4, -0.2) is 77.4 Å². The molecule has 2 heterocycles. The first-order valence-corrected chi connectivity index (χ1v) is 14.5. The van der Waals surface area contributed by atoms with Gasteiger partial charge in [0.05, 0.1) is 52.0 Å². The lowest BCUT2D eigenvalue weighted by molar-refractivity contribution is -0.149. The number of hydrogen-bond acceptors (Lipinski definition) is 8. The fourth-order valence-corrected chi connectivity index (χ4v) is 5.84. The zero-order valence-corrected chi connectivity index (χ0v) is 25.2. The van der Waals surface area contributed by atoms with Crippen LogP contribution < -0.4 is 5.32 Å². The first-order valence-electron chi connectivity index (χ1n) is 13.7. The lowest BCUT2D eigenvalue weighted by atomic mass is 9.86. The number of alkyl halides is 3. The normalized spacial score (nSPS) is 22.6. The number of carbonyl (C=O) groups excluding carboxylic acids is 3. The van der Waals surface area contributed by atoms with Gasteiger partial charge in [-0.1, -0.05) is 23.2 Å². The van der Waals surface area contributed by atoms with Gasteiger partial charge in [0, 0.05) is 31.2 Å². The van der Waals surface area contributed by atoms with Crippen molar-refractivity contribution in [2.45, 2.75) is 83.2 Å². The number of nitrogens with one attached hydrogen (secondary N) is 2. The molecule has 1 atom stereocenters. The van der Waals surface area contributed by atoms with Gasteiger partial charge >= 0.3 is 12.1 Å². The molecule has 14 heteroatoms. The Morgan fingerprint density at radius 3 is 2.29 bits per heavy atom. The highest BCUT2D eigenvalue weighted by Gasteiger charge is 2.42. The summed E-state index contributed by atoms with van der Waals surface area (Å²) >= 11 is 12.2. The van der Waals surface area contributed by atoms with Crippen LogP contribution in [0.15, 0.2) is 23.7 Å². The molecule has 42 heavy (non-hydrogen) atoms. The van der Waals surface area contributed by atoms with Gasteiger partial charge in [0.15, 0.2) is 5.78 Å². The number of Topliss-reactive ketones (excluding diaryl/α,β-unsaturated/α-hetero) is 1. The minimum atomic E-state index is -5.01. The molecule has 1 aliphatic heterocycles. The Hall–Kier alpha value is -2.70. The van der Waals surface area contributed by atoms with Crippen LogP contribution in [0.4, 0.5) is 13.2 Å². The average Bonchev–Trinajstić information content (AvgIpc) is 3.25. The molecular formula is C28H35Cl2F3N4O5. The van der Waals surface area contributed by atoms with Gasteiger partial charge in [-0.3, -0.25) is 19.4 Å². The summed E-state index contributed by atoms with van der Waals surface area (Å²) in [7, 11) is 0. The molecule has 232 valence electrons. The predicted octanol–water partition coefficient (Wildman–Crippen LogP) is 5.53. The van der Waals surface area contributed by atoms with E-state index in [9.17, 15) is 27.6 Å². The summed E-state index contributed by atoms with van der Waals surface area (Å²) in [5, 5.41) is 10.1. The fraction of sp³-hybridized carbons (Fsp3) is 0.607. The number of ketones is 1. The van der Waals surface area contributed by atoms with Gasteiger partial charge in [0.1, 0.15) is 5.70 Å². The molecule has 0 spiro atoms. The van der Waals surface area contributed by atoms with E-state index < -0.39 is 59.3 Å². The van der Waals surface area contributed by atoms with Gasteiger partial charge in [-0.15, -0.1) is 0 Å². The second-order valence-corrected chi connectivity index (χ2v) is 11.8. The Kier molecular flexibility index (Phi) is 11.4. The lowest BCUT2D eigenvalue weighted by Gasteiger charge is -2.31. The van der Waals surface area contributed by atoms with Crippen LogP contribution in [0.2, 0.25) is 10.0 Å². The minimum Gasteiger partial charge on any atom is -0.466 e. The molecule has 3 rings (SSSR count). The molecule has 0 aromatic carbocycles. The van der Waals surface area contributed by atoms with Crippen LogP contribution in [-0.2, 0) is 19.1 Å². The van der Waals surface area contributed by atoms with Crippen molar-refractivity contribution in [1.82, 2.24) is 15.2 Å². The third-order valence-electron chi connectivity index (χ3n) is 7.36. The van der Waals surface area contributed by atoms with E-state index in [-0.39, 0.29) is 47.6 Å². The number of allylic oxidation sites excluding steroid dienone is 1. The number of nitrogens with zero attached hydrogens (tertiary/aromatic N) is 2. The van der Waals surface area contributed by atoms with E-state index in [4.69, 9.17) is 38.1 Å². The largest absolute Gasteiger partial charge is 0.466 e. The highest BCUT2D eigenvalue weighted by atomic mass is 35.5. The Labute approximate surface area is 252 Å². The molecule has 1 amide bonds. The first kappa shape index (κ1) is 33.8. The smallest absolute Gasteiger partial charge is 0.431 e. The van der Waals surface area contributed by atoms with Crippen LogP contribution in [0, 0.1) is 11.3 Å². The molecule has 9 nitrogen and oxygen atoms in total. The molecule has 1 saturated heterocycles. The number of rotatable bonds is 11. The first-order chi connectivity index (χ1) is 19.7. The van der Waals surface area contributed by atoms with E-state index in [2.05, 4.69) is 10.3 Å². The predicted molar refractivity (Wildman–Crippen MR) is 151 cm³/mol. The number of esters is 1. The van der Waals surface area contributed by atoms with Crippen molar-refractivity contribution in [3.63, 3.8) is 0 Å². The highest BCUT2D eigenvalue weighted by Crippen LogP contribution is 2.33. The van der Waals surface area contributed by atoms with E-state index in [1.807, 2.05) is 13.8 Å². The summed E-state index contributed by atoms with van der Waals surface area (Å²) in [5.41, 5.74) is -2.96. The fourth-order valence-electron chi connectivity index (χ4n) is 5.26. The van der Waals surface area contributed by atoms with Crippen molar-refractivity contribution < 1.29 is 37.0 Å². The lowest BCUT2D eigenvalue weighted by Crippen LogP contribution is -2.45. The number of aromatic nitrogens is 1. The van der Waals surface area contributed by atoms with Crippen molar-refractivity contribution in [1.29, 1.82) is 5.41 Å². The van der Waals surface area contributed by atoms with E-state index in [0.29, 0.717) is 31.9 Å². The number of carbonyl (C=O) groups is 3. The molecule has 0 unspecified atom stereocenters. The van der Waals surface area contributed by atoms with Crippen molar-refractivity contribution in [2.24, 2.45) is 5.92 Å². The maximum atomic E-state index is 14.4. The summed E-state index contributed by atoms with van der Waals surface area (Å²) in [6.07, 6.45) is -0.577. The number of ether oxygens (including phenoxy) is 2. The van der Waals surface area contributed by atoms with Crippen molar-refractivity contribution >= 4 is 47.1 Å². The quantitative estimate of drug-likeness (QED) is 0.142. The van der Waals surface area contributed by atoms with Gasteiger partial charge in [0.2, 0.25) is 0 Å². The molecule has 2 aliphatic rings. The molecule has 1 saturated carbocycles. The molecule has 0 radical (unpaired) electrons. The standard InChI is InChI=1S/C28H35Cl2F3N4O5/c1-4-41-26(40)16-5-7-17(8-6-16)36-24(28(31,32)33)19(11-34)25(39)37(14-18-9-10-27(2,3)42-18)15-22(38)23-20(29)12-35-13-21(23)30/h11-13,16-18,34,36H,4-10,14-15H2,1-3H3/b24-19+,34-11?/t16-,17-,18-/m1/s1. The zero-order chi connectivity index (χ0) is 31.2. The molecule has 2 fully saturated rings. The third-order valence-corrected chi connectivity index (χ3v) is 7.93. The van der Waals surface area contributed by atoms with Crippen molar-refractivity contribution in [2.75, 3.05) is 19.7 Å². The maximum absolute atomic E-state index is 14.4. The molecule has 1 aromatic rings. The van der Waals surface area contributed by atoms with Gasteiger partial charge in [-0.25, -0.2) is 0 Å². The summed E-state index contributed by atoms with van der Waals surface area (Å²) < 4.78 is 54.1.